The Labute approximate surface area is 812 Å². The molecule has 8 heteroatoms. The zero-order valence-electron chi connectivity index (χ0n) is 77.2. The molecule has 0 radical (unpaired) electrons. The molecule has 36 rings (SSSR count). The van der Waals surface area contributed by atoms with Crippen LogP contribution in [0.5, 0.6) is 0 Å². The molecule has 0 bridgehead atoms. The second kappa shape index (κ2) is 28.5. The maximum absolute atomic E-state index is 4.90. The summed E-state index contributed by atoms with van der Waals surface area (Å²) >= 11 is 0. The molecule has 16 aliphatic rings. The molecule has 20 aromatic rings. The summed E-state index contributed by atoms with van der Waals surface area (Å²) in [6.45, 7) is 0. The van der Waals surface area contributed by atoms with E-state index < -0.39 is 0 Å². The molecule has 0 fully saturated rings. The topological polar surface area (TPSA) is 64.5 Å². The number of pyridine rings is 4. The van der Waals surface area contributed by atoms with Crippen molar-refractivity contribution in [3.8, 4) is 89.0 Å². The lowest BCUT2D eigenvalue weighted by Crippen LogP contribution is -2.26. The van der Waals surface area contributed by atoms with Crippen molar-refractivity contribution in [3.05, 3.63) is 519 Å². The molecular weight excluding hydrogens is 1700 g/mol. The fourth-order valence-corrected chi connectivity index (χ4v) is 28.5. The first-order valence-corrected chi connectivity index (χ1v) is 50.3. The normalized spacial score (nSPS) is 14.9. The molecule has 4 aromatic heterocycles. The molecule has 0 amide bonds. The second-order valence-electron chi connectivity index (χ2n) is 41.4. The van der Waals surface area contributed by atoms with Crippen molar-refractivity contribution < 1.29 is 0 Å². The monoisotopic (exact) mass is 1780 g/mol. The Balaban J connectivity index is 0.0000000829. The van der Waals surface area contributed by atoms with E-state index >= 15 is 0 Å². The Morgan fingerprint density at radius 1 is 0.150 bits per heavy atom. The van der Waals surface area contributed by atoms with Crippen LogP contribution in [-0.2, 0) is 103 Å². The van der Waals surface area contributed by atoms with Gasteiger partial charge < -0.3 is 19.6 Å². The predicted octanol–water partition coefficient (Wildman–Crippen LogP) is 30.0. The quantitative estimate of drug-likeness (QED) is 0.149. The van der Waals surface area contributed by atoms with Crippen LogP contribution in [-0.4, -0.2) is 19.9 Å². The fourth-order valence-electron chi connectivity index (χ4n) is 28.5. The minimum absolute atomic E-state index is 0.910. The average Bonchev–Trinajstić information content (AvgIpc) is 1.40. The van der Waals surface area contributed by atoms with Crippen molar-refractivity contribution in [2.45, 2.75) is 103 Å². The summed E-state index contributed by atoms with van der Waals surface area (Å²) in [5.41, 5.74) is 84.4. The average molecular weight is 1790 g/mol. The van der Waals surface area contributed by atoms with Gasteiger partial charge in [0.25, 0.3) is 0 Å². The van der Waals surface area contributed by atoms with Gasteiger partial charge in [-0.15, -0.1) is 0 Å². The number of nitrogens with zero attached hydrogens (tertiary/aromatic N) is 8. The van der Waals surface area contributed by atoms with Crippen molar-refractivity contribution in [1.29, 1.82) is 0 Å². The van der Waals surface area contributed by atoms with E-state index in [1.807, 2.05) is 18.6 Å². The molecular formula is C132H88N8. The van der Waals surface area contributed by atoms with Gasteiger partial charge in [0.05, 0.1) is 62.6 Å². The van der Waals surface area contributed by atoms with E-state index in [0.717, 1.165) is 103 Å². The Kier molecular flexibility index (Phi) is 15.6. The van der Waals surface area contributed by atoms with Gasteiger partial charge in [-0.1, -0.05) is 231 Å². The molecule has 16 aromatic carbocycles. The Bertz CT molecular complexity index is 8860. The van der Waals surface area contributed by atoms with Gasteiger partial charge in [0.2, 0.25) is 0 Å². The highest BCUT2D eigenvalue weighted by atomic mass is 15.2. The molecule has 8 aliphatic carbocycles. The second-order valence-corrected chi connectivity index (χ2v) is 41.4. The fraction of sp³-hybridized carbons (Fsp3) is 0.121. The number of benzene rings is 16. The SMILES string of the molecule is c1ccc2c(c1)Cc1cc3c(cc1-2)-c1ccc2c(c1C3)Cc1cncc3c1N2c1ccccc1C3.c1ccc2c(c1)Cc1cc3c(cc1-2)-c1ccc2c(c1C3)Cc1nccc3c1N2c1ccccc1C3.c1ccc2c(c1)Cc1ccc3c(c1-2)-c1ccc2c(c1C3)Cc1nccc3c1N2c1ccccc1C3.c1ccc2c(c1)Cc1ccc3c(c1-2)Cc1c-3ccc2c1Cc1ccnc3c1N2c1ccccc1C3. The number of para-hydroxylation sites is 4. The van der Waals surface area contributed by atoms with E-state index in [4.69, 9.17) is 15.0 Å². The first-order chi connectivity index (χ1) is 69.4. The van der Waals surface area contributed by atoms with Crippen LogP contribution in [0.4, 0.5) is 68.2 Å². The summed E-state index contributed by atoms with van der Waals surface area (Å²) in [5.74, 6) is 0. The van der Waals surface area contributed by atoms with Gasteiger partial charge in [-0.3, -0.25) is 19.9 Å². The number of aromatic nitrogens is 4. The minimum atomic E-state index is 0.910. The highest BCUT2D eigenvalue weighted by molar-refractivity contribution is 6.03. The summed E-state index contributed by atoms with van der Waals surface area (Å²) in [6, 6.07) is 116. The van der Waals surface area contributed by atoms with Crippen LogP contribution in [0.2, 0.25) is 0 Å². The van der Waals surface area contributed by atoms with Crippen LogP contribution in [0.15, 0.2) is 340 Å². The maximum Gasteiger partial charge on any atom is 0.0716 e. The van der Waals surface area contributed by atoms with Crippen LogP contribution in [0, 0.1) is 0 Å². The largest absolute Gasteiger partial charge is 0.309 e. The van der Waals surface area contributed by atoms with Crippen molar-refractivity contribution >= 4 is 68.2 Å². The van der Waals surface area contributed by atoms with Crippen molar-refractivity contribution in [2.75, 3.05) is 19.6 Å². The summed E-state index contributed by atoms with van der Waals surface area (Å²) < 4.78 is 0. The molecule has 0 N–H and O–H groups in total. The van der Waals surface area contributed by atoms with Crippen LogP contribution in [0.25, 0.3) is 89.0 Å². The van der Waals surface area contributed by atoms with E-state index in [1.54, 1.807) is 0 Å². The third kappa shape index (κ3) is 10.7. The highest BCUT2D eigenvalue weighted by Gasteiger charge is 2.44. The first-order valence-electron chi connectivity index (χ1n) is 50.3. The Morgan fingerprint density at radius 3 is 0.950 bits per heavy atom. The molecule has 0 spiro atoms. The standard InChI is InChI=1S/4C33H22N2/c1-3-7-25-19(5-1)11-21-13-22-14-29-26(28(22)16-27(21)25)9-10-32-30(29)15-24-18-34-17-23-12-20-6-2-4-8-31(20)35(32)33(23)24;1-3-7-24-19(5-1)13-22-15-23-16-28-25(27(23)17-26(22)24)9-10-32-29(28)18-30-33-21(11-12-34-30)14-20-6-2-4-8-31(20)35(32)33;1-3-7-23-19(5-1)15-21-9-10-25-24-11-12-31-27(26(24)18-28(25)32(21)23)16-22-13-14-34-29-17-20-6-2-4-8-30(20)35(31)33(22)29;1-3-7-24-19(5-1)15-21-9-10-22-17-26-25(32(22)31(21)24)11-12-30-27(26)18-28-33-23(13-14-34-28)16-20-6-2-4-8-29(20)35(30)33/h1-10,13,16-18H,11-12,14-15H2;1-12,15,17H,13-14,16,18H2;2*1-14H,15-18H2. The van der Waals surface area contributed by atoms with Crippen LogP contribution in [0.3, 0.4) is 0 Å². The predicted molar refractivity (Wildman–Crippen MR) is 564 cm³/mol. The zero-order chi connectivity index (χ0) is 90.7. The number of hydrogen-bond donors (Lipinski definition) is 0. The summed E-state index contributed by atoms with van der Waals surface area (Å²) in [4.78, 5) is 29.3. The zero-order valence-corrected chi connectivity index (χ0v) is 77.2. The Morgan fingerprint density at radius 2 is 0.443 bits per heavy atom. The lowest BCUT2D eigenvalue weighted by atomic mass is 9.85. The summed E-state index contributed by atoms with van der Waals surface area (Å²) in [6.07, 6.45) is 26.1. The summed E-state index contributed by atoms with van der Waals surface area (Å²) in [7, 11) is 0. The van der Waals surface area contributed by atoms with E-state index in [0.29, 0.717) is 0 Å². The number of hydrogen-bond acceptors (Lipinski definition) is 8. The highest BCUT2D eigenvalue weighted by Crippen LogP contribution is 2.62. The smallest absolute Gasteiger partial charge is 0.0716 e. The number of rotatable bonds is 0. The van der Waals surface area contributed by atoms with Gasteiger partial charge >= 0.3 is 0 Å². The van der Waals surface area contributed by atoms with Crippen LogP contribution in [0.1, 0.15) is 178 Å². The van der Waals surface area contributed by atoms with Gasteiger partial charge in [0.15, 0.2) is 0 Å². The third-order valence-electron chi connectivity index (χ3n) is 34.4. The van der Waals surface area contributed by atoms with Gasteiger partial charge in [-0.25, -0.2) is 0 Å². The third-order valence-corrected chi connectivity index (χ3v) is 34.4. The first kappa shape index (κ1) is 76.5. The molecule has 140 heavy (non-hydrogen) atoms. The molecule has 656 valence electrons. The minimum Gasteiger partial charge on any atom is -0.309 e. The van der Waals surface area contributed by atoms with Gasteiger partial charge in [-0.2, -0.15) is 0 Å². The molecule has 0 saturated carbocycles. The van der Waals surface area contributed by atoms with Gasteiger partial charge in [0, 0.05) is 105 Å². The molecule has 0 saturated heterocycles. The lowest BCUT2D eigenvalue weighted by molar-refractivity contribution is 0.949. The van der Waals surface area contributed by atoms with Crippen molar-refractivity contribution in [3.63, 3.8) is 0 Å². The van der Waals surface area contributed by atoms with Crippen LogP contribution < -0.4 is 19.6 Å². The van der Waals surface area contributed by atoms with E-state index in [9.17, 15) is 0 Å². The molecule has 0 atom stereocenters. The maximum atomic E-state index is 4.90. The Hall–Kier alpha value is -16.7. The van der Waals surface area contributed by atoms with Gasteiger partial charge in [-0.05, 0) is 381 Å². The molecule has 12 heterocycles. The van der Waals surface area contributed by atoms with E-state index in [-0.39, 0.29) is 0 Å². The molecule has 8 aliphatic heterocycles. The number of fused-ring (bicyclic) bond motifs is 46. The summed E-state index contributed by atoms with van der Waals surface area (Å²) in [5, 5.41) is 0. The lowest BCUT2D eigenvalue weighted by Gasteiger charge is -2.39. The molecule has 8 nitrogen and oxygen atoms in total. The van der Waals surface area contributed by atoms with E-state index in [2.05, 4.69) is 346 Å². The van der Waals surface area contributed by atoms with Gasteiger partial charge in [0.1, 0.15) is 0 Å². The van der Waals surface area contributed by atoms with Crippen LogP contribution >= 0.6 is 0 Å². The van der Waals surface area contributed by atoms with E-state index in [1.165, 1.54) is 336 Å². The number of anilines is 12. The van der Waals surface area contributed by atoms with Crippen molar-refractivity contribution in [2.24, 2.45) is 0 Å². The molecule has 0 unspecified atom stereocenters. The van der Waals surface area contributed by atoms with Crippen molar-refractivity contribution in [1.82, 2.24) is 19.9 Å².